The van der Waals surface area contributed by atoms with Crippen LogP contribution in [0.25, 0.3) is 0 Å². The molecule has 27 heavy (non-hydrogen) atoms. The standard InChI is InChI=1S/C22H28N2O3/c1-17-8-10-19(11-9-17)21(24-12-14-26-15-13-24)16-23-22(25)18(2)27-20-6-4-3-5-7-20/h3-11,18,21H,12-16H2,1-2H3,(H,23,25). The van der Waals surface area contributed by atoms with Crippen molar-refractivity contribution in [1.82, 2.24) is 10.2 Å². The molecule has 1 amide bonds. The zero-order valence-electron chi connectivity index (χ0n) is 16.1. The van der Waals surface area contributed by atoms with E-state index in [1.165, 1.54) is 11.1 Å². The van der Waals surface area contributed by atoms with Gasteiger partial charge in [-0.2, -0.15) is 0 Å². The molecule has 2 aromatic carbocycles. The van der Waals surface area contributed by atoms with Crippen molar-refractivity contribution in [2.24, 2.45) is 0 Å². The molecule has 144 valence electrons. The quantitative estimate of drug-likeness (QED) is 0.816. The van der Waals surface area contributed by atoms with E-state index in [-0.39, 0.29) is 11.9 Å². The highest BCUT2D eigenvalue weighted by Gasteiger charge is 2.24. The van der Waals surface area contributed by atoms with Gasteiger partial charge in [-0.1, -0.05) is 48.0 Å². The van der Waals surface area contributed by atoms with Gasteiger partial charge in [-0.05, 0) is 31.5 Å². The first-order valence-corrected chi connectivity index (χ1v) is 9.51. The van der Waals surface area contributed by atoms with Crippen LogP contribution >= 0.6 is 0 Å². The highest BCUT2D eigenvalue weighted by Crippen LogP contribution is 2.22. The average molecular weight is 368 g/mol. The van der Waals surface area contributed by atoms with Crippen LogP contribution in [0.1, 0.15) is 24.1 Å². The predicted molar refractivity (Wildman–Crippen MR) is 106 cm³/mol. The number of rotatable bonds is 7. The monoisotopic (exact) mass is 368 g/mol. The molecule has 1 heterocycles. The second kappa shape index (κ2) is 9.53. The van der Waals surface area contributed by atoms with Gasteiger partial charge in [0.1, 0.15) is 5.75 Å². The molecule has 0 aliphatic carbocycles. The van der Waals surface area contributed by atoms with E-state index < -0.39 is 6.10 Å². The van der Waals surface area contributed by atoms with Crippen LogP contribution in [0.4, 0.5) is 0 Å². The molecule has 0 bridgehead atoms. The minimum Gasteiger partial charge on any atom is -0.481 e. The molecule has 5 heteroatoms. The van der Waals surface area contributed by atoms with Gasteiger partial charge in [0.05, 0.1) is 19.3 Å². The second-order valence-corrected chi connectivity index (χ2v) is 6.89. The third-order valence-electron chi connectivity index (χ3n) is 4.84. The smallest absolute Gasteiger partial charge is 0.260 e. The van der Waals surface area contributed by atoms with Crippen LogP contribution < -0.4 is 10.1 Å². The second-order valence-electron chi connectivity index (χ2n) is 6.89. The minimum atomic E-state index is -0.546. The summed E-state index contributed by atoms with van der Waals surface area (Å²) in [7, 11) is 0. The molecule has 1 aliphatic rings. The molecule has 0 radical (unpaired) electrons. The molecule has 5 nitrogen and oxygen atoms in total. The third-order valence-corrected chi connectivity index (χ3v) is 4.84. The maximum absolute atomic E-state index is 12.5. The van der Waals surface area contributed by atoms with Gasteiger partial charge in [0.15, 0.2) is 6.10 Å². The molecular weight excluding hydrogens is 340 g/mol. The maximum atomic E-state index is 12.5. The molecule has 0 aromatic heterocycles. The Morgan fingerprint density at radius 3 is 2.44 bits per heavy atom. The highest BCUT2D eigenvalue weighted by atomic mass is 16.5. The molecule has 0 spiro atoms. The third kappa shape index (κ3) is 5.55. The number of benzene rings is 2. The Morgan fingerprint density at radius 1 is 1.11 bits per heavy atom. The lowest BCUT2D eigenvalue weighted by atomic mass is 10.0. The first-order valence-electron chi connectivity index (χ1n) is 9.51. The van der Waals surface area contributed by atoms with Gasteiger partial charge in [-0.15, -0.1) is 0 Å². The van der Waals surface area contributed by atoms with Crippen LogP contribution in [-0.2, 0) is 9.53 Å². The lowest BCUT2D eigenvalue weighted by Gasteiger charge is -2.35. The largest absolute Gasteiger partial charge is 0.481 e. The normalized spacial score (nSPS) is 17.1. The molecule has 1 fully saturated rings. The fourth-order valence-electron chi connectivity index (χ4n) is 3.23. The lowest BCUT2D eigenvalue weighted by molar-refractivity contribution is -0.127. The summed E-state index contributed by atoms with van der Waals surface area (Å²) in [6, 6.07) is 18.1. The number of aryl methyl sites for hydroxylation is 1. The summed E-state index contributed by atoms with van der Waals surface area (Å²) in [5, 5.41) is 3.07. The fourth-order valence-corrected chi connectivity index (χ4v) is 3.23. The van der Waals surface area contributed by atoms with E-state index in [0.29, 0.717) is 12.3 Å². The number of ether oxygens (including phenoxy) is 2. The number of nitrogens with zero attached hydrogens (tertiary/aromatic N) is 1. The number of hydrogen-bond acceptors (Lipinski definition) is 4. The topological polar surface area (TPSA) is 50.8 Å². The average Bonchev–Trinajstić information content (AvgIpc) is 2.71. The van der Waals surface area contributed by atoms with Gasteiger partial charge in [0, 0.05) is 19.6 Å². The van der Waals surface area contributed by atoms with Crippen molar-refractivity contribution in [3.05, 3.63) is 65.7 Å². The number of hydrogen-bond donors (Lipinski definition) is 1. The summed E-state index contributed by atoms with van der Waals surface area (Å²) in [5.41, 5.74) is 2.44. The van der Waals surface area contributed by atoms with E-state index in [1.54, 1.807) is 6.92 Å². The van der Waals surface area contributed by atoms with Crippen molar-refractivity contribution < 1.29 is 14.3 Å². The van der Waals surface area contributed by atoms with Crippen LogP contribution in [0.3, 0.4) is 0 Å². The van der Waals surface area contributed by atoms with Gasteiger partial charge >= 0.3 is 0 Å². The lowest BCUT2D eigenvalue weighted by Crippen LogP contribution is -2.45. The van der Waals surface area contributed by atoms with E-state index in [2.05, 4.69) is 41.4 Å². The summed E-state index contributed by atoms with van der Waals surface area (Å²) in [6.45, 7) is 7.59. The van der Waals surface area contributed by atoms with Crippen LogP contribution in [-0.4, -0.2) is 49.8 Å². The predicted octanol–water partition coefficient (Wildman–Crippen LogP) is 2.95. The van der Waals surface area contributed by atoms with E-state index >= 15 is 0 Å². The van der Waals surface area contributed by atoms with Gasteiger partial charge in [-0.3, -0.25) is 9.69 Å². The summed E-state index contributed by atoms with van der Waals surface area (Å²) >= 11 is 0. The first kappa shape index (κ1) is 19.4. The molecule has 3 rings (SSSR count). The Balaban J connectivity index is 1.62. The van der Waals surface area contributed by atoms with Crippen molar-refractivity contribution in [1.29, 1.82) is 0 Å². The Kier molecular flexibility index (Phi) is 6.85. The van der Waals surface area contributed by atoms with Gasteiger partial charge in [-0.25, -0.2) is 0 Å². The van der Waals surface area contributed by atoms with E-state index in [0.717, 1.165) is 26.3 Å². The Labute approximate surface area is 161 Å². The number of morpholine rings is 1. The molecule has 2 aromatic rings. The van der Waals surface area contributed by atoms with Crippen LogP contribution in [0.15, 0.2) is 54.6 Å². The van der Waals surface area contributed by atoms with Crippen molar-refractivity contribution in [3.8, 4) is 5.75 Å². The van der Waals surface area contributed by atoms with E-state index in [4.69, 9.17) is 9.47 Å². The van der Waals surface area contributed by atoms with Crippen molar-refractivity contribution in [2.75, 3.05) is 32.8 Å². The van der Waals surface area contributed by atoms with Gasteiger partial charge < -0.3 is 14.8 Å². The molecular formula is C22H28N2O3. The molecule has 1 saturated heterocycles. The summed E-state index contributed by atoms with van der Waals surface area (Å²) in [6.07, 6.45) is -0.546. The number of nitrogens with one attached hydrogen (secondary N) is 1. The van der Waals surface area contributed by atoms with Crippen LogP contribution in [0, 0.1) is 6.92 Å². The molecule has 0 saturated carbocycles. The van der Waals surface area contributed by atoms with Crippen molar-refractivity contribution >= 4 is 5.91 Å². The number of carbonyl (C=O) groups is 1. The highest BCUT2D eigenvalue weighted by molar-refractivity contribution is 5.80. The van der Waals surface area contributed by atoms with E-state index in [1.807, 2.05) is 30.3 Å². The number of amides is 1. The Hall–Kier alpha value is -2.37. The van der Waals surface area contributed by atoms with Gasteiger partial charge in [0.2, 0.25) is 0 Å². The van der Waals surface area contributed by atoms with Crippen LogP contribution in [0.2, 0.25) is 0 Å². The zero-order valence-corrected chi connectivity index (χ0v) is 16.1. The number of para-hydroxylation sites is 1. The van der Waals surface area contributed by atoms with Crippen molar-refractivity contribution in [3.63, 3.8) is 0 Å². The molecule has 2 unspecified atom stereocenters. The molecule has 2 atom stereocenters. The van der Waals surface area contributed by atoms with Gasteiger partial charge in [0.25, 0.3) is 5.91 Å². The van der Waals surface area contributed by atoms with E-state index in [9.17, 15) is 4.79 Å². The summed E-state index contributed by atoms with van der Waals surface area (Å²) in [4.78, 5) is 14.9. The molecule has 1 aliphatic heterocycles. The minimum absolute atomic E-state index is 0.107. The SMILES string of the molecule is Cc1ccc(C(CNC(=O)C(C)Oc2ccccc2)N2CCOCC2)cc1. The maximum Gasteiger partial charge on any atom is 0.260 e. The molecule has 1 N–H and O–H groups in total. The zero-order chi connectivity index (χ0) is 19.1. The van der Waals surface area contributed by atoms with Crippen molar-refractivity contribution in [2.45, 2.75) is 26.0 Å². The first-order chi connectivity index (χ1) is 13.1. The summed E-state index contributed by atoms with van der Waals surface area (Å²) < 4.78 is 11.2. The Morgan fingerprint density at radius 2 is 1.78 bits per heavy atom. The fraction of sp³-hybridized carbons (Fsp3) is 0.409. The summed E-state index contributed by atoms with van der Waals surface area (Å²) in [5.74, 6) is 0.590. The number of carbonyl (C=O) groups excluding carboxylic acids is 1. The van der Waals surface area contributed by atoms with Crippen LogP contribution in [0.5, 0.6) is 5.75 Å². The Bertz CT molecular complexity index is 712.